The standard InChI is InChI=1S/C11H15ClN4O3/c1-11(18-4-5-19-11)2-3-14-10-7(9(13)17)6-8(12)15-16-10/h6H,2-5H2,1H3,(H2,13,17)(H,14,16). The summed E-state index contributed by atoms with van der Waals surface area (Å²) in [6.45, 7) is 3.55. The third-order valence-electron chi connectivity index (χ3n) is 2.80. The van der Waals surface area contributed by atoms with Crippen molar-refractivity contribution in [2.75, 3.05) is 25.1 Å². The van der Waals surface area contributed by atoms with E-state index < -0.39 is 11.7 Å². The van der Waals surface area contributed by atoms with Gasteiger partial charge in [0.25, 0.3) is 5.91 Å². The van der Waals surface area contributed by atoms with E-state index in [0.29, 0.717) is 32.0 Å². The van der Waals surface area contributed by atoms with Gasteiger partial charge < -0.3 is 20.5 Å². The molecule has 1 saturated heterocycles. The summed E-state index contributed by atoms with van der Waals surface area (Å²) in [7, 11) is 0. The van der Waals surface area contributed by atoms with Crippen molar-refractivity contribution in [1.29, 1.82) is 0 Å². The SMILES string of the molecule is CC1(CCNc2nnc(Cl)cc2C(N)=O)OCCO1. The average molecular weight is 287 g/mol. The lowest BCUT2D eigenvalue weighted by atomic mass is 10.2. The largest absolute Gasteiger partial charge is 0.368 e. The first-order valence-electron chi connectivity index (χ1n) is 5.85. The van der Waals surface area contributed by atoms with Crippen LogP contribution in [0.4, 0.5) is 5.82 Å². The molecule has 0 atom stereocenters. The van der Waals surface area contributed by atoms with Crippen LogP contribution in [0.2, 0.25) is 5.15 Å². The van der Waals surface area contributed by atoms with Gasteiger partial charge in [-0.1, -0.05) is 11.6 Å². The van der Waals surface area contributed by atoms with Crippen molar-refractivity contribution >= 4 is 23.3 Å². The number of hydrogen-bond donors (Lipinski definition) is 2. The Morgan fingerprint density at radius 2 is 2.21 bits per heavy atom. The number of carbonyl (C=O) groups excluding carboxylic acids is 1. The molecule has 19 heavy (non-hydrogen) atoms. The summed E-state index contributed by atoms with van der Waals surface area (Å²) in [5.41, 5.74) is 5.46. The smallest absolute Gasteiger partial charge is 0.252 e. The summed E-state index contributed by atoms with van der Waals surface area (Å²) < 4.78 is 10.9. The highest BCUT2D eigenvalue weighted by atomic mass is 35.5. The van der Waals surface area contributed by atoms with Crippen molar-refractivity contribution in [2.45, 2.75) is 19.1 Å². The Morgan fingerprint density at radius 1 is 1.53 bits per heavy atom. The van der Waals surface area contributed by atoms with Gasteiger partial charge in [-0.15, -0.1) is 10.2 Å². The average Bonchev–Trinajstić information content (AvgIpc) is 2.78. The van der Waals surface area contributed by atoms with Gasteiger partial charge in [0.1, 0.15) is 0 Å². The maximum atomic E-state index is 11.3. The van der Waals surface area contributed by atoms with E-state index in [1.165, 1.54) is 6.07 Å². The first-order valence-corrected chi connectivity index (χ1v) is 6.23. The van der Waals surface area contributed by atoms with Crippen LogP contribution in [0.1, 0.15) is 23.7 Å². The number of halogens is 1. The van der Waals surface area contributed by atoms with E-state index in [1.54, 1.807) is 0 Å². The molecule has 2 heterocycles. The lowest BCUT2D eigenvalue weighted by molar-refractivity contribution is -0.144. The van der Waals surface area contributed by atoms with E-state index in [2.05, 4.69) is 15.5 Å². The molecule has 3 N–H and O–H groups in total. The van der Waals surface area contributed by atoms with Crippen molar-refractivity contribution in [2.24, 2.45) is 5.73 Å². The molecule has 0 aromatic carbocycles. The van der Waals surface area contributed by atoms with Gasteiger partial charge in [0.2, 0.25) is 0 Å². The predicted molar refractivity (Wildman–Crippen MR) is 69.0 cm³/mol. The molecule has 1 aromatic rings. The van der Waals surface area contributed by atoms with E-state index >= 15 is 0 Å². The fourth-order valence-corrected chi connectivity index (χ4v) is 1.94. The van der Waals surface area contributed by atoms with Gasteiger partial charge in [-0.2, -0.15) is 0 Å². The topological polar surface area (TPSA) is 99.4 Å². The third-order valence-corrected chi connectivity index (χ3v) is 2.98. The van der Waals surface area contributed by atoms with Crippen LogP contribution in [0, 0.1) is 0 Å². The van der Waals surface area contributed by atoms with Crippen LogP contribution in [0.15, 0.2) is 6.07 Å². The molecule has 1 aliphatic heterocycles. The Bertz CT molecular complexity index is 477. The molecule has 0 unspecified atom stereocenters. The summed E-state index contributed by atoms with van der Waals surface area (Å²) in [6.07, 6.45) is 0.607. The van der Waals surface area contributed by atoms with Crippen molar-refractivity contribution in [3.05, 3.63) is 16.8 Å². The molecule has 8 heteroatoms. The van der Waals surface area contributed by atoms with Gasteiger partial charge in [0, 0.05) is 13.0 Å². The van der Waals surface area contributed by atoms with Crippen molar-refractivity contribution in [3.63, 3.8) is 0 Å². The molecule has 0 bridgehead atoms. The zero-order valence-corrected chi connectivity index (χ0v) is 11.2. The Morgan fingerprint density at radius 3 is 2.84 bits per heavy atom. The highest BCUT2D eigenvalue weighted by Crippen LogP contribution is 2.22. The van der Waals surface area contributed by atoms with Crippen molar-refractivity contribution < 1.29 is 14.3 Å². The molecule has 0 radical (unpaired) electrons. The number of nitrogens with one attached hydrogen (secondary N) is 1. The molecule has 104 valence electrons. The molecule has 2 rings (SSSR count). The first kappa shape index (κ1) is 14.0. The van der Waals surface area contributed by atoms with Gasteiger partial charge >= 0.3 is 0 Å². The summed E-state index contributed by atoms with van der Waals surface area (Å²) in [4.78, 5) is 11.3. The number of carbonyl (C=O) groups is 1. The number of rotatable bonds is 5. The number of nitrogens with two attached hydrogens (primary N) is 1. The Hall–Kier alpha value is -1.44. The quantitative estimate of drug-likeness (QED) is 0.830. The maximum absolute atomic E-state index is 11.3. The summed E-state index contributed by atoms with van der Waals surface area (Å²) in [6, 6.07) is 1.38. The highest BCUT2D eigenvalue weighted by molar-refractivity contribution is 6.29. The lowest BCUT2D eigenvalue weighted by Crippen LogP contribution is -2.29. The van der Waals surface area contributed by atoms with Crippen molar-refractivity contribution in [3.8, 4) is 0 Å². The number of anilines is 1. The van der Waals surface area contributed by atoms with Crippen LogP contribution in [0.25, 0.3) is 0 Å². The van der Waals surface area contributed by atoms with Gasteiger partial charge in [-0.3, -0.25) is 4.79 Å². The van der Waals surface area contributed by atoms with Gasteiger partial charge in [-0.05, 0) is 13.0 Å². The van der Waals surface area contributed by atoms with E-state index in [1.807, 2.05) is 6.92 Å². The summed E-state index contributed by atoms with van der Waals surface area (Å²) >= 11 is 5.67. The molecule has 0 saturated carbocycles. The predicted octanol–water partition coefficient (Wildman–Crippen LogP) is 0.794. The molecule has 1 fully saturated rings. The van der Waals surface area contributed by atoms with E-state index in [4.69, 9.17) is 26.8 Å². The molecule has 1 aromatic heterocycles. The third kappa shape index (κ3) is 3.52. The summed E-state index contributed by atoms with van der Waals surface area (Å²) in [5.74, 6) is -0.905. The van der Waals surface area contributed by atoms with Crippen LogP contribution in [-0.2, 0) is 9.47 Å². The highest BCUT2D eigenvalue weighted by Gasteiger charge is 2.30. The van der Waals surface area contributed by atoms with Gasteiger partial charge in [-0.25, -0.2) is 0 Å². The summed E-state index contributed by atoms with van der Waals surface area (Å²) in [5, 5.41) is 10.6. The minimum Gasteiger partial charge on any atom is -0.368 e. The van der Waals surface area contributed by atoms with E-state index in [9.17, 15) is 4.79 Å². The Kier molecular flexibility index (Phi) is 4.18. The number of aromatic nitrogens is 2. The molecular formula is C11H15ClN4O3. The number of ether oxygens (including phenoxy) is 2. The monoisotopic (exact) mass is 286 g/mol. The fourth-order valence-electron chi connectivity index (χ4n) is 1.80. The first-order chi connectivity index (χ1) is 9.00. The normalized spacial score (nSPS) is 17.4. The van der Waals surface area contributed by atoms with E-state index in [-0.39, 0.29) is 10.7 Å². The molecule has 1 amide bonds. The van der Waals surface area contributed by atoms with Gasteiger partial charge in [0.05, 0.1) is 18.8 Å². The molecule has 7 nitrogen and oxygen atoms in total. The molecular weight excluding hydrogens is 272 g/mol. The number of nitrogens with zero attached hydrogens (tertiary/aromatic N) is 2. The van der Waals surface area contributed by atoms with Crippen LogP contribution in [0.3, 0.4) is 0 Å². The lowest BCUT2D eigenvalue weighted by Gasteiger charge is -2.22. The van der Waals surface area contributed by atoms with Crippen LogP contribution in [0.5, 0.6) is 0 Å². The zero-order chi connectivity index (χ0) is 13.9. The minimum absolute atomic E-state index is 0.119. The zero-order valence-electron chi connectivity index (χ0n) is 10.5. The second-order valence-corrected chi connectivity index (χ2v) is 4.69. The number of hydrogen-bond acceptors (Lipinski definition) is 6. The number of amides is 1. The van der Waals surface area contributed by atoms with E-state index in [0.717, 1.165) is 0 Å². The van der Waals surface area contributed by atoms with Crippen LogP contribution >= 0.6 is 11.6 Å². The van der Waals surface area contributed by atoms with Crippen LogP contribution < -0.4 is 11.1 Å². The fraction of sp³-hybridized carbons (Fsp3) is 0.545. The maximum Gasteiger partial charge on any atom is 0.252 e. The Labute approximate surface area is 115 Å². The molecule has 0 aliphatic carbocycles. The minimum atomic E-state index is -0.612. The second-order valence-electron chi connectivity index (χ2n) is 4.30. The molecule has 0 spiro atoms. The molecule has 1 aliphatic rings. The Balaban J connectivity index is 1.97. The van der Waals surface area contributed by atoms with Crippen molar-refractivity contribution in [1.82, 2.24) is 10.2 Å². The van der Waals surface area contributed by atoms with Gasteiger partial charge in [0.15, 0.2) is 16.8 Å². The van der Waals surface area contributed by atoms with Crippen LogP contribution in [-0.4, -0.2) is 41.7 Å². The second kappa shape index (κ2) is 5.68. The number of primary amides is 1.